The average Bonchev–Trinajstić information content (AvgIpc) is 3.82. The van der Waals surface area contributed by atoms with E-state index in [2.05, 4.69) is 25.0 Å². The second-order valence-corrected chi connectivity index (χ2v) is 18.7. The zero-order chi connectivity index (χ0) is 53.1. The molecule has 5 heterocycles. The summed E-state index contributed by atoms with van der Waals surface area (Å²) < 4.78 is 23.2. The van der Waals surface area contributed by atoms with Crippen LogP contribution >= 0.6 is 0 Å². The number of para-hydroxylation sites is 1. The number of anilines is 2. The summed E-state index contributed by atoms with van der Waals surface area (Å²) in [4.78, 5) is 31.5. The molecule has 0 saturated carbocycles. The molecule has 21 nitrogen and oxygen atoms in total. The van der Waals surface area contributed by atoms with E-state index < -0.39 is 28.2 Å². The van der Waals surface area contributed by atoms with Gasteiger partial charge in [-0.1, -0.05) is 30.3 Å². The third kappa shape index (κ3) is 13.0. The first-order valence-electron chi connectivity index (χ1n) is 24.5. The van der Waals surface area contributed by atoms with Crippen molar-refractivity contribution in [2.24, 2.45) is 0 Å². The first-order chi connectivity index (χ1) is 35.7. The van der Waals surface area contributed by atoms with E-state index >= 15 is 0 Å². The van der Waals surface area contributed by atoms with Crippen LogP contribution in [0.5, 0.6) is 23.0 Å². The molecule has 0 aliphatic carbocycles. The number of ether oxygens (including phenoxy) is 4. The minimum atomic E-state index is -0.498. The van der Waals surface area contributed by atoms with Crippen LogP contribution in [-0.4, -0.2) is 173 Å². The summed E-state index contributed by atoms with van der Waals surface area (Å²) >= 11 is 0. The van der Waals surface area contributed by atoms with Crippen LogP contribution in [0.2, 0.25) is 0 Å². The highest BCUT2D eigenvalue weighted by Gasteiger charge is 2.32. The molecule has 6 aromatic rings. The largest absolute Gasteiger partial charge is 0.496 e. The predicted octanol–water partition coefficient (Wildman–Crippen LogP) is 6.31. The van der Waals surface area contributed by atoms with E-state index in [0.29, 0.717) is 37.9 Å². The molecule has 21 heteroatoms. The van der Waals surface area contributed by atoms with Crippen LogP contribution in [0.1, 0.15) is 55.1 Å². The Morgan fingerprint density at radius 1 is 0.649 bits per heavy atom. The number of benzene rings is 4. The number of fused-ring (bicyclic) bond motifs is 1. The number of aromatic nitrogens is 3. The van der Waals surface area contributed by atoms with Crippen molar-refractivity contribution in [2.75, 3.05) is 100 Å². The van der Waals surface area contributed by atoms with Gasteiger partial charge in [0, 0.05) is 63.1 Å². The SMILES string of the molecule is COc1cc([C@H]2CCN(C)C[C@@H]2O)ccc1[N+](=O)[O-].COc1cc([C@H]2CCN(C)C[C@@H]2O)ccc1[N+](=O)[O-].COc1cc([C@H]2CCN(CCO)C[C@@H]2O)ccc1Nc1ncc2ccc(-c3ccccc3OC)n2n1.[HH]. The van der Waals surface area contributed by atoms with Crippen LogP contribution in [0.3, 0.4) is 0 Å². The molecule has 5 N–H and O–H groups in total. The lowest BCUT2D eigenvalue weighted by Crippen LogP contribution is -2.43. The van der Waals surface area contributed by atoms with E-state index in [-0.39, 0.29) is 48.7 Å². The van der Waals surface area contributed by atoms with Gasteiger partial charge in [0.15, 0.2) is 11.5 Å². The lowest BCUT2D eigenvalue weighted by atomic mass is 9.87. The van der Waals surface area contributed by atoms with E-state index in [1.807, 2.05) is 73.2 Å². The van der Waals surface area contributed by atoms with Crippen molar-refractivity contribution in [1.82, 2.24) is 29.3 Å². The number of nitrogens with one attached hydrogen (secondary N) is 1. The average molecular weight is 1020 g/mol. The van der Waals surface area contributed by atoms with Gasteiger partial charge in [0.2, 0.25) is 5.95 Å². The van der Waals surface area contributed by atoms with E-state index in [1.165, 1.54) is 26.4 Å². The molecule has 3 aliphatic rings. The van der Waals surface area contributed by atoms with Crippen LogP contribution in [-0.2, 0) is 0 Å². The lowest BCUT2D eigenvalue weighted by molar-refractivity contribution is -0.385. The second kappa shape index (κ2) is 25.3. The third-order valence-corrected chi connectivity index (χ3v) is 14.0. The fourth-order valence-electron chi connectivity index (χ4n) is 10.0. The Labute approximate surface area is 431 Å². The highest BCUT2D eigenvalue weighted by Crippen LogP contribution is 2.38. The maximum absolute atomic E-state index is 10.8. The quantitative estimate of drug-likeness (QED) is 0.0591. The van der Waals surface area contributed by atoms with Crippen molar-refractivity contribution < 1.29 is 50.6 Å². The molecule has 0 bridgehead atoms. The predicted molar refractivity (Wildman–Crippen MR) is 281 cm³/mol. The number of β-amino-alcohol motifs (C(OH)–C–C–N with tert-alkyl or cyclic N) is 4. The van der Waals surface area contributed by atoms with Crippen LogP contribution in [0.25, 0.3) is 16.8 Å². The molecule has 0 radical (unpaired) electrons. The van der Waals surface area contributed by atoms with Crippen molar-refractivity contribution in [3.05, 3.63) is 134 Å². The van der Waals surface area contributed by atoms with Crippen molar-refractivity contribution in [3.8, 4) is 34.3 Å². The Bertz CT molecular complexity index is 2770. The van der Waals surface area contributed by atoms with Crippen LogP contribution in [0.4, 0.5) is 23.0 Å². The maximum Gasteiger partial charge on any atom is 0.310 e. The summed E-state index contributed by atoms with van der Waals surface area (Å²) in [7, 11) is 10.0. The van der Waals surface area contributed by atoms with Gasteiger partial charge in [0.05, 0.1) is 86.3 Å². The fraction of sp³-hybridized carbons (Fsp3) is 0.434. The molecule has 9 rings (SSSR count). The zero-order valence-corrected chi connectivity index (χ0v) is 42.6. The molecule has 0 unspecified atom stereocenters. The molecule has 0 spiro atoms. The molecule has 3 aliphatic heterocycles. The number of likely N-dealkylation sites (tertiary alicyclic amines) is 3. The van der Waals surface area contributed by atoms with E-state index in [4.69, 9.17) is 24.0 Å². The highest BCUT2D eigenvalue weighted by atomic mass is 16.6. The van der Waals surface area contributed by atoms with Gasteiger partial charge in [-0.15, -0.1) is 5.10 Å². The number of nitro benzene ring substituents is 2. The molecule has 3 saturated heterocycles. The summed E-state index contributed by atoms with van der Waals surface area (Å²) in [6, 6.07) is 27.3. The Kier molecular flexibility index (Phi) is 18.7. The minimum absolute atomic E-state index is 0. The number of aliphatic hydroxyl groups is 4. The Balaban J connectivity index is 0.000000199. The highest BCUT2D eigenvalue weighted by molar-refractivity contribution is 5.72. The molecule has 398 valence electrons. The summed E-state index contributed by atoms with van der Waals surface area (Å²) in [6.45, 7) is 5.11. The van der Waals surface area contributed by atoms with Gasteiger partial charge in [-0.05, 0) is 118 Å². The first-order valence-corrected chi connectivity index (χ1v) is 24.5. The van der Waals surface area contributed by atoms with Gasteiger partial charge in [-0.3, -0.25) is 25.1 Å². The monoisotopic (exact) mass is 1020 g/mol. The van der Waals surface area contributed by atoms with Crippen LogP contribution < -0.4 is 24.3 Å². The van der Waals surface area contributed by atoms with Crippen LogP contribution in [0, 0.1) is 20.2 Å². The molecular weight excluding hydrogens is 955 g/mol. The van der Waals surface area contributed by atoms with Gasteiger partial charge >= 0.3 is 11.4 Å². The number of hydrogen-bond donors (Lipinski definition) is 5. The lowest BCUT2D eigenvalue weighted by Gasteiger charge is -2.36. The third-order valence-electron chi connectivity index (χ3n) is 14.0. The summed E-state index contributed by atoms with van der Waals surface area (Å²) in [5.41, 5.74) is 6.15. The standard InChI is InChI=1S/C27H31N5O4.2C13H18N2O4.H2/c1-35-25-6-4-3-5-21(25)23-10-8-19-16-28-27(30-32(19)23)29-22-9-7-18(15-26(22)36-2)20-11-12-31(13-14-33)17-24(20)34;2*1-14-6-5-10(12(16)8-14)9-3-4-11(15(17)18)13(7-9)19-2;/h3-10,15-16,20,24,33-34H,11-14,17H2,1-2H3,(H,29,30);2*3-4,7,10,12,16H,5-6,8H2,1-2H3;1H/t20-,24+;2*10-,12+;/m111./s1. The molecule has 3 fully saturated rings. The van der Waals surface area contributed by atoms with Crippen molar-refractivity contribution in [1.29, 1.82) is 0 Å². The van der Waals surface area contributed by atoms with Crippen LogP contribution in [0.15, 0.2) is 97.2 Å². The number of nitro groups is 2. The molecule has 74 heavy (non-hydrogen) atoms. The zero-order valence-electron chi connectivity index (χ0n) is 42.6. The summed E-state index contributed by atoms with van der Waals surface area (Å²) in [5, 5.41) is 69.8. The first kappa shape index (κ1) is 54.8. The van der Waals surface area contributed by atoms with E-state index in [0.717, 1.165) is 83.8 Å². The molecule has 0 amide bonds. The number of piperidine rings is 3. The topological polar surface area (TPSA) is 256 Å². The van der Waals surface area contributed by atoms with E-state index in [1.54, 1.807) is 44.7 Å². The molecular formula is C53H69N9O12. The van der Waals surface area contributed by atoms with Gasteiger partial charge in [-0.2, -0.15) is 0 Å². The minimum Gasteiger partial charge on any atom is -0.496 e. The molecule has 6 atom stereocenters. The number of methoxy groups -OCH3 is 4. The number of likely N-dealkylation sites (N-methyl/N-ethyl adjacent to an activating group) is 2. The Hall–Kier alpha value is -6.98. The Morgan fingerprint density at radius 3 is 1.65 bits per heavy atom. The molecule has 4 aromatic carbocycles. The summed E-state index contributed by atoms with van der Waals surface area (Å²) in [6.07, 6.45) is 2.84. The van der Waals surface area contributed by atoms with E-state index in [9.17, 15) is 40.7 Å². The summed E-state index contributed by atoms with van der Waals surface area (Å²) in [5.74, 6) is 2.36. The smallest absolute Gasteiger partial charge is 0.310 e. The maximum atomic E-state index is 10.8. The number of hydrogen-bond acceptors (Lipinski definition) is 18. The van der Waals surface area contributed by atoms with Gasteiger partial charge in [-0.25, -0.2) is 9.50 Å². The second-order valence-electron chi connectivity index (χ2n) is 18.7. The van der Waals surface area contributed by atoms with Crippen molar-refractivity contribution in [2.45, 2.75) is 55.3 Å². The Morgan fingerprint density at radius 2 is 1.15 bits per heavy atom. The molecule has 2 aromatic heterocycles. The number of aliphatic hydroxyl groups excluding tert-OH is 4. The van der Waals surface area contributed by atoms with Gasteiger partial charge in [0.1, 0.15) is 11.5 Å². The van der Waals surface area contributed by atoms with Crippen molar-refractivity contribution >= 4 is 28.5 Å². The van der Waals surface area contributed by atoms with Gasteiger partial charge < -0.3 is 54.5 Å². The number of rotatable bonds is 14. The normalized spacial score (nSPS) is 21.3. The fourth-order valence-corrected chi connectivity index (χ4v) is 10.0. The van der Waals surface area contributed by atoms with Gasteiger partial charge in [0.25, 0.3) is 0 Å². The van der Waals surface area contributed by atoms with Crippen molar-refractivity contribution in [3.63, 3.8) is 0 Å². The number of nitrogens with zero attached hydrogens (tertiary/aromatic N) is 8.